The van der Waals surface area contributed by atoms with E-state index in [-0.39, 0.29) is 17.4 Å². The number of nitrogens with zero attached hydrogens (tertiary/aromatic N) is 1. The smallest absolute Gasteiger partial charge is 0.278 e. The molecule has 1 aromatic heterocycles. The van der Waals surface area contributed by atoms with Crippen molar-refractivity contribution in [2.24, 2.45) is 0 Å². The number of anilines is 1. The second-order valence-corrected chi connectivity index (χ2v) is 5.35. The summed E-state index contributed by atoms with van der Waals surface area (Å²) in [6.07, 6.45) is 1.43. The largest absolute Gasteiger partial charge is 0.279 e. The first-order chi connectivity index (χ1) is 8.08. The van der Waals surface area contributed by atoms with E-state index in [1.807, 2.05) is 0 Å². The first kappa shape index (κ1) is 14.8. The summed E-state index contributed by atoms with van der Waals surface area (Å²) in [5.41, 5.74) is 0.444. The Hall–Kier alpha value is -1.30. The molecule has 0 aliphatic carbocycles. The SMILES string of the molecule is Cl.O=S(=O)(Nc1ccc(Cl)cc1)c1ccccn1. The van der Waals surface area contributed by atoms with Crippen LogP contribution in [0.25, 0.3) is 0 Å². The molecule has 7 heteroatoms. The molecular formula is C11H10Cl2N2O2S. The Balaban J connectivity index is 0.00000162. The Morgan fingerprint density at radius 3 is 2.28 bits per heavy atom. The maximum atomic E-state index is 11.9. The van der Waals surface area contributed by atoms with E-state index < -0.39 is 10.0 Å². The standard InChI is InChI=1S/C11H9ClN2O2S.ClH/c12-9-4-6-10(7-5-9)14-17(15,16)11-3-1-2-8-13-11;/h1-8,14H;1H. The van der Waals surface area contributed by atoms with Crippen LogP contribution in [0.1, 0.15) is 0 Å². The fourth-order valence-corrected chi connectivity index (χ4v) is 2.37. The summed E-state index contributed by atoms with van der Waals surface area (Å²) < 4.78 is 26.2. The van der Waals surface area contributed by atoms with Gasteiger partial charge in [-0.1, -0.05) is 17.7 Å². The molecule has 0 saturated carbocycles. The highest BCUT2D eigenvalue weighted by molar-refractivity contribution is 7.92. The Morgan fingerprint density at radius 2 is 1.72 bits per heavy atom. The number of hydrogen-bond donors (Lipinski definition) is 1. The quantitative estimate of drug-likeness (QED) is 0.948. The number of benzene rings is 1. The third kappa shape index (κ3) is 3.60. The van der Waals surface area contributed by atoms with Gasteiger partial charge in [-0.05, 0) is 36.4 Å². The second kappa shape index (κ2) is 6.04. The molecule has 0 atom stereocenters. The van der Waals surface area contributed by atoms with Crippen LogP contribution < -0.4 is 4.72 Å². The van der Waals surface area contributed by atoms with Gasteiger partial charge >= 0.3 is 0 Å². The predicted molar refractivity (Wildman–Crippen MR) is 73.7 cm³/mol. The molecule has 0 aliphatic rings. The molecule has 1 N–H and O–H groups in total. The molecule has 18 heavy (non-hydrogen) atoms. The molecular weight excluding hydrogens is 295 g/mol. The maximum absolute atomic E-state index is 11.9. The number of sulfonamides is 1. The molecule has 1 aromatic carbocycles. The third-order valence-electron chi connectivity index (χ3n) is 2.01. The molecule has 2 rings (SSSR count). The molecule has 0 amide bonds. The van der Waals surface area contributed by atoms with Gasteiger partial charge < -0.3 is 0 Å². The van der Waals surface area contributed by atoms with Crippen LogP contribution in [0, 0.1) is 0 Å². The van der Waals surface area contributed by atoms with Crippen LogP contribution in [-0.4, -0.2) is 13.4 Å². The first-order valence-corrected chi connectivity index (χ1v) is 6.63. The van der Waals surface area contributed by atoms with Gasteiger partial charge in [0, 0.05) is 16.9 Å². The molecule has 4 nitrogen and oxygen atoms in total. The molecule has 0 spiro atoms. The van der Waals surface area contributed by atoms with Gasteiger partial charge in [0.15, 0.2) is 5.03 Å². The minimum atomic E-state index is -3.63. The van der Waals surface area contributed by atoms with E-state index in [1.54, 1.807) is 36.4 Å². The van der Waals surface area contributed by atoms with Crippen molar-refractivity contribution in [1.29, 1.82) is 0 Å². The van der Waals surface area contributed by atoms with Gasteiger partial charge in [0.1, 0.15) is 0 Å². The van der Waals surface area contributed by atoms with E-state index in [9.17, 15) is 8.42 Å². The zero-order chi connectivity index (χ0) is 12.3. The number of aromatic nitrogens is 1. The van der Waals surface area contributed by atoms with Crippen molar-refractivity contribution in [3.63, 3.8) is 0 Å². The number of halogens is 2. The minimum absolute atomic E-state index is 0. The molecule has 0 saturated heterocycles. The molecule has 0 aliphatic heterocycles. The number of rotatable bonds is 3. The van der Waals surface area contributed by atoms with E-state index in [2.05, 4.69) is 9.71 Å². The van der Waals surface area contributed by atoms with Gasteiger partial charge in [-0.3, -0.25) is 4.72 Å². The molecule has 0 fully saturated rings. The molecule has 96 valence electrons. The summed E-state index contributed by atoms with van der Waals surface area (Å²) in [6, 6.07) is 11.1. The van der Waals surface area contributed by atoms with Crippen molar-refractivity contribution in [3.05, 3.63) is 53.7 Å². The summed E-state index contributed by atoms with van der Waals surface area (Å²) in [7, 11) is -3.63. The number of nitrogens with one attached hydrogen (secondary N) is 1. The Bertz CT molecular complexity index is 601. The Morgan fingerprint density at radius 1 is 1.06 bits per heavy atom. The molecule has 0 unspecified atom stereocenters. The normalized spacial score (nSPS) is 10.5. The van der Waals surface area contributed by atoms with E-state index in [0.717, 1.165) is 0 Å². The summed E-state index contributed by atoms with van der Waals surface area (Å²) in [4.78, 5) is 3.79. The second-order valence-electron chi connectivity index (χ2n) is 3.28. The summed E-state index contributed by atoms with van der Waals surface area (Å²) in [5.74, 6) is 0. The van der Waals surface area contributed by atoms with Crippen LogP contribution in [-0.2, 0) is 10.0 Å². The maximum Gasteiger partial charge on any atom is 0.279 e. The molecule has 0 radical (unpaired) electrons. The van der Waals surface area contributed by atoms with Crippen LogP contribution in [0.15, 0.2) is 53.7 Å². The van der Waals surface area contributed by atoms with Gasteiger partial charge in [-0.25, -0.2) is 4.98 Å². The summed E-state index contributed by atoms with van der Waals surface area (Å²) in [6.45, 7) is 0. The van der Waals surface area contributed by atoms with Crippen LogP contribution >= 0.6 is 24.0 Å². The molecule has 2 aromatic rings. The zero-order valence-corrected chi connectivity index (χ0v) is 11.5. The lowest BCUT2D eigenvalue weighted by Crippen LogP contribution is -2.14. The van der Waals surface area contributed by atoms with Crippen LogP contribution in [0.5, 0.6) is 0 Å². The van der Waals surface area contributed by atoms with Crippen LogP contribution in [0.4, 0.5) is 5.69 Å². The van der Waals surface area contributed by atoms with Crippen molar-refractivity contribution < 1.29 is 8.42 Å². The van der Waals surface area contributed by atoms with Crippen molar-refractivity contribution in [2.75, 3.05) is 4.72 Å². The average molecular weight is 305 g/mol. The summed E-state index contributed by atoms with van der Waals surface area (Å²) in [5, 5.41) is 0.528. The zero-order valence-electron chi connectivity index (χ0n) is 9.08. The van der Waals surface area contributed by atoms with Gasteiger partial charge in [-0.15, -0.1) is 12.4 Å². The predicted octanol–water partition coefficient (Wildman–Crippen LogP) is 2.96. The first-order valence-electron chi connectivity index (χ1n) is 4.77. The Labute approximate surface area is 116 Å². The molecule has 0 bridgehead atoms. The average Bonchev–Trinajstić information content (AvgIpc) is 2.33. The third-order valence-corrected chi connectivity index (χ3v) is 3.56. The van der Waals surface area contributed by atoms with Gasteiger partial charge in [0.2, 0.25) is 0 Å². The fourth-order valence-electron chi connectivity index (χ4n) is 1.23. The molecule has 1 heterocycles. The number of hydrogen-bond acceptors (Lipinski definition) is 3. The topological polar surface area (TPSA) is 59.1 Å². The van der Waals surface area contributed by atoms with Crippen LogP contribution in [0.3, 0.4) is 0 Å². The van der Waals surface area contributed by atoms with Gasteiger partial charge in [0.05, 0.1) is 0 Å². The number of pyridine rings is 1. The van der Waals surface area contributed by atoms with E-state index in [1.165, 1.54) is 12.3 Å². The minimum Gasteiger partial charge on any atom is -0.278 e. The monoisotopic (exact) mass is 304 g/mol. The van der Waals surface area contributed by atoms with Crippen molar-refractivity contribution in [2.45, 2.75) is 5.03 Å². The lowest BCUT2D eigenvalue weighted by atomic mass is 10.3. The highest BCUT2D eigenvalue weighted by Gasteiger charge is 2.14. The highest BCUT2D eigenvalue weighted by Crippen LogP contribution is 2.16. The van der Waals surface area contributed by atoms with E-state index >= 15 is 0 Å². The Kier molecular flexibility index (Phi) is 4.95. The van der Waals surface area contributed by atoms with Gasteiger partial charge in [0.25, 0.3) is 10.0 Å². The van der Waals surface area contributed by atoms with E-state index in [4.69, 9.17) is 11.6 Å². The van der Waals surface area contributed by atoms with Crippen molar-refractivity contribution >= 4 is 39.7 Å². The van der Waals surface area contributed by atoms with E-state index in [0.29, 0.717) is 10.7 Å². The van der Waals surface area contributed by atoms with Gasteiger partial charge in [-0.2, -0.15) is 8.42 Å². The summed E-state index contributed by atoms with van der Waals surface area (Å²) >= 11 is 5.71. The van der Waals surface area contributed by atoms with Crippen molar-refractivity contribution in [3.8, 4) is 0 Å². The lowest BCUT2D eigenvalue weighted by Gasteiger charge is -2.06. The van der Waals surface area contributed by atoms with Crippen molar-refractivity contribution in [1.82, 2.24) is 4.98 Å². The lowest BCUT2D eigenvalue weighted by molar-refractivity contribution is 0.597. The highest BCUT2D eigenvalue weighted by atomic mass is 35.5. The van der Waals surface area contributed by atoms with Crippen LogP contribution in [0.2, 0.25) is 5.02 Å². The fraction of sp³-hybridized carbons (Fsp3) is 0.